The molecule has 1 saturated heterocycles. The number of rotatable bonds is 3. The Morgan fingerprint density at radius 2 is 2.37 bits per heavy atom. The normalized spacial score (nSPS) is 19.8. The fourth-order valence-corrected chi connectivity index (χ4v) is 2.44. The first-order chi connectivity index (χ1) is 9.17. The molecule has 2 rings (SSSR count). The maximum atomic E-state index is 13.5. The topological polar surface area (TPSA) is 56.1 Å². The zero-order valence-electron chi connectivity index (χ0n) is 10.8. The Morgan fingerprint density at radius 3 is 3.05 bits per heavy atom. The second kappa shape index (κ2) is 5.81. The molecule has 100 valence electrons. The lowest BCUT2D eigenvalue weighted by atomic mass is 10.0. The van der Waals surface area contributed by atoms with E-state index in [4.69, 9.17) is 5.26 Å². The molecule has 0 bridgehead atoms. The molecular formula is C14H16FN3O. The van der Waals surface area contributed by atoms with Gasteiger partial charge >= 0.3 is 0 Å². The van der Waals surface area contributed by atoms with Crippen molar-refractivity contribution in [1.29, 1.82) is 5.26 Å². The number of piperazine rings is 1. The summed E-state index contributed by atoms with van der Waals surface area (Å²) in [7, 11) is 0. The van der Waals surface area contributed by atoms with Crippen molar-refractivity contribution in [3.63, 3.8) is 0 Å². The predicted octanol–water partition coefficient (Wildman–Crippen LogP) is 1.41. The quantitative estimate of drug-likeness (QED) is 0.895. The van der Waals surface area contributed by atoms with Crippen LogP contribution in [0.3, 0.4) is 0 Å². The third kappa shape index (κ3) is 2.74. The molecule has 1 heterocycles. The van der Waals surface area contributed by atoms with Gasteiger partial charge in [0.2, 0.25) is 5.91 Å². The van der Waals surface area contributed by atoms with Gasteiger partial charge in [-0.25, -0.2) is 4.39 Å². The molecule has 1 aliphatic heterocycles. The average molecular weight is 261 g/mol. The Labute approximate surface area is 111 Å². The van der Waals surface area contributed by atoms with Gasteiger partial charge in [0.25, 0.3) is 0 Å². The number of hydrogen-bond donors (Lipinski definition) is 1. The highest BCUT2D eigenvalue weighted by molar-refractivity contribution is 5.82. The van der Waals surface area contributed by atoms with Crippen LogP contribution in [0.1, 0.15) is 24.5 Å². The van der Waals surface area contributed by atoms with Gasteiger partial charge in [-0.05, 0) is 18.1 Å². The molecular weight excluding hydrogens is 245 g/mol. The average Bonchev–Trinajstić information content (AvgIpc) is 2.39. The van der Waals surface area contributed by atoms with Crippen LogP contribution in [-0.2, 0) is 11.3 Å². The molecule has 5 heteroatoms. The number of nitrogens with zero attached hydrogens (tertiary/aromatic N) is 2. The van der Waals surface area contributed by atoms with Crippen LogP contribution < -0.4 is 5.32 Å². The number of benzene rings is 1. The number of halogens is 1. The smallest absolute Gasteiger partial charge is 0.237 e. The molecule has 0 radical (unpaired) electrons. The first kappa shape index (κ1) is 13.5. The van der Waals surface area contributed by atoms with Gasteiger partial charge in [0.1, 0.15) is 11.9 Å². The summed E-state index contributed by atoms with van der Waals surface area (Å²) in [5.41, 5.74) is 0.707. The number of carbonyl (C=O) groups is 1. The van der Waals surface area contributed by atoms with Gasteiger partial charge in [-0.15, -0.1) is 0 Å². The van der Waals surface area contributed by atoms with Crippen LogP contribution in [0.25, 0.3) is 0 Å². The minimum absolute atomic E-state index is 0.00339. The van der Waals surface area contributed by atoms with Gasteiger partial charge in [-0.3, -0.25) is 9.69 Å². The summed E-state index contributed by atoms with van der Waals surface area (Å²) in [6.45, 7) is 3.67. The van der Waals surface area contributed by atoms with Crippen LogP contribution in [0.4, 0.5) is 4.39 Å². The number of hydrogen-bond acceptors (Lipinski definition) is 3. The minimum Gasteiger partial charge on any atom is -0.353 e. The maximum absolute atomic E-state index is 13.5. The fraction of sp³-hybridized carbons (Fsp3) is 0.429. The molecule has 1 aromatic rings. The van der Waals surface area contributed by atoms with Crippen molar-refractivity contribution in [2.75, 3.05) is 13.1 Å². The number of amides is 1. The summed E-state index contributed by atoms with van der Waals surface area (Å²) in [6.07, 6.45) is 0.697. The van der Waals surface area contributed by atoms with Gasteiger partial charge in [0, 0.05) is 19.6 Å². The van der Waals surface area contributed by atoms with Crippen molar-refractivity contribution in [2.24, 2.45) is 0 Å². The third-order valence-electron chi connectivity index (χ3n) is 3.41. The lowest BCUT2D eigenvalue weighted by Gasteiger charge is -2.34. The highest BCUT2D eigenvalue weighted by atomic mass is 19.1. The van der Waals surface area contributed by atoms with E-state index in [0.717, 1.165) is 0 Å². The number of nitriles is 1. The highest BCUT2D eigenvalue weighted by Crippen LogP contribution is 2.18. The third-order valence-corrected chi connectivity index (χ3v) is 3.41. The second-order valence-electron chi connectivity index (χ2n) is 4.57. The lowest BCUT2D eigenvalue weighted by molar-refractivity contribution is -0.129. The van der Waals surface area contributed by atoms with Crippen LogP contribution >= 0.6 is 0 Å². The maximum Gasteiger partial charge on any atom is 0.237 e. The summed E-state index contributed by atoms with van der Waals surface area (Å²) in [6, 6.07) is 6.30. The number of nitrogens with one attached hydrogen (secondary N) is 1. The van der Waals surface area contributed by atoms with Crippen LogP contribution in [-0.4, -0.2) is 29.9 Å². The van der Waals surface area contributed by atoms with Crippen molar-refractivity contribution in [3.05, 3.63) is 35.1 Å². The van der Waals surface area contributed by atoms with E-state index in [0.29, 0.717) is 31.6 Å². The molecule has 1 amide bonds. The van der Waals surface area contributed by atoms with E-state index in [2.05, 4.69) is 5.32 Å². The van der Waals surface area contributed by atoms with Gasteiger partial charge in [0.15, 0.2) is 0 Å². The SMILES string of the molecule is CCC1C(=O)NCCN1Cc1cccc(F)c1C#N. The first-order valence-electron chi connectivity index (χ1n) is 6.36. The Hall–Kier alpha value is -1.93. The molecule has 1 atom stereocenters. The van der Waals surface area contributed by atoms with Gasteiger partial charge < -0.3 is 5.32 Å². The van der Waals surface area contributed by atoms with Gasteiger partial charge in [-0.1, -0.05) is 19.1 Å². The van der Waals surface area contributed by atoms with Crippen molar-refractivity contribution < 1.29 is 9.18 Å². The van der Waals surface area contributed by atoms with Crippen molar-refractivity contribution >= 4 is 5.91 Å². The van der Waals surface area contributed by atoms with E-state index in [-0.39, 0.29) is 17.5 Å². The summed E-state index contributed by atoms with van der Waals surface area (Å²) in [4.78, 5) is 13.7. The van der Waals surface area contributed by atoms with E-state index in [1.165, 1.54) is 6.07 Å². The molecule has 0 saturated carbocycles. The Balaban J connectivity index is 2.23. The Bertz CT molecular complexity index is 524. The van der Waals surface area contributed by atoms with Crippen LogP contribution in [0, 0.1) is 17.1 Å². The first-order valence-corrected chi connectivity index (χ1v) is 6.36. The van der Waals surface area contributed by atoms with E-state index in [1.54, 1.807) is 12.1 Å². The van der Waals surface area contributed by atoms with E-state index in [9.17, 15) is 9.18 Å². The largest absolute Gasteiger partial charge is 0.353 e. The zero-order valence-corrected chi connectivity index (χ0v) is 10.8. The summed E-state index contributed by atoms with van der Waals surface area (Å²) >= 11 is 0. The lowest BCUT2D eigenvalue weighted by Crippen LogP contribution is -2.54. The van der Waals surface area contributed by atoms with Crippen molar-refractivity contribution in [2.45, 2.75) is 25.9 Å². The van der Waals surface area contributed by atoms with E-state index < -0.39 is 5.82 Å². The highest BCUT2D eigenvalue weighted by Gasteiger charge is 2.28. The Kier molecular flexibility index (Phi) is 4.13. The molecule has 1 unspecified atom stereocenters. The molecule has 0 aliphatic carbocycles. The van der Waals surface area contributed by atoms with E-state index >= 15 is 0 Å². The second-order valence-corrected chi connectivity index (χ2v) is 4.57. The van der Waals surface area contributed by atoms with Crippen molar-refractivity contribution in [3.8, 4) is 6.07 Å². The molecule has 4 nitrogen and oxygen atoms in total. The summed E-state index contributed by atoms with van der Waals surface area (Å²) in [5, 5.41) is 11.8. The number of carbonyl (C=O) groups excluding carboxylic acids is 1. The molecule has 0 aromatic heterocycles. The predicted molar refractivity (Wildman–Crippen MR) is 68.6 cm³/mol. The molecule has 1 aromatic carbocycles. The molecule has 19 heavy (non-hydrogen) atoms. The molecule has 1 N–H and O–H groups in total. The summed E-state index contributed by atoms with van der Waals surface area (Å²) < 4.78 is 13.5. The molecule has 0 spiro atoms. The molecule has 1 fully saturated rings. The van der Waals surface area contributed by atoms with Crippen LogP contribution in [0.2, 0.25) is 0 Å². The monoisotopic (exact) mass is 261 g/mol. The van der Waals surface area contributed by atoms with Crippen LogP contribution in [0.5, 0.6) is 0 Å². The van der Waals surface area contributed by atoms with Crippen molar-refractivity contribution in [1.82, 2.24) is 10.2 Å². The standard InChI is InChI=1S/C14H16FN3O/c1-2-13-14(19)17-6-7-18(13)9-10-4-3-5-12(15)11(10)8-16/h3-5,13H,2,6-7,9H2,1H3,(H,17,19). The van der Waals surface area contributed by atoms with Gasteiger partial charge in [-0.2, -0.15) is 5.26 Å². The summed E-state index contributed by atoms with van der Waals surface area (Å²) in [5.74, 6) is -0.502. The minimum atomic E-state index is -0.505. The van der Waals surface area contributed by atoms with Gasteiger partial charge in [0.05, 0.1) is 11.6 Å². The van der Waals surface area contributed by atoms with Crippen LogP contribution in [0.15, 0.2) is 18.2 Å². The fourth-order valence-electron chi connectivity index (χ4n) is 2.44. The zero-order chi connectivity index (χ0) is 13.8. The van der Waals surface area contributed by atoms with E-state index in [1.807, 2.05) is 17.9 Å². The molecule has 1 aliphatic rings. The Morgan fingerprint density at radius 1 is 1.58 bits per heavy atom.